The molecule has 1 aromatic rings. The number of hydrogen-bond acceptors (Lipinski definition) is 3. The van der Waals surface area contributed by atoms with Crippen LogP contribution in [0, 0.1) is 6.92 Å². The molecule has 1 heterocycles. The smallest absolute Gasteiger partial charge is 0.0802 e. The number of rotatable bonds is 5. The lowest BCUT2D eigenvalue weighted by Gasteiger charge is -2.40. The van der Waals surface area contributed by atoms with Gasteiger partial charge in [-0.05, 0) is 32.3 Å². The third-order valence-corrected chi connectivity index (χ3v) is 3.55. The van der Waals surface area contributed by atoms with Crippen LogP contribution in [0.1, 0.15) is 30.7 Å². The Morgan fingerprint density at radius 1 is 1.56 bits per heavy atom. The molecule has 1 N–H and O–H groups in total. The van der Waals surface area contributed by atoms with Gasteiger partial charge in [-0.25, -0.2) is 0 Å². The number of aromatic nitrogens is 2. The minimum absolute atomic E-state index is 0.105. The molecule has 0 radical (unpaired) electrons. The molecule has 0 saturated heterocycles. The lowest BCUT2D eigenvalue weighted by Crippen LogP contribution is -2.47. The van der Waals surface area contributed by atoms with E-state index >= 15 is 0 Å². The van der Waals surface area contributed by atoms with Crippen LogP contribution in [0.25, 0.3) is 0 Å². The van der Waals surface area contributed by atoms with Gasteiger partial charge in [0.05, 0.1) is 17.0 Å². The predicted octanol–water partition coefficient (Wildman–Crippen LogP) is 1.39. The topological polar surface area (TPSA) is 39.1 Å². The monoisotopic (exact) mass is 223 g/mol. The second kappa shape index (κ2) is 4.55. The highest BCUT2D eigenvalue weighted by molar-refractivity contribution is 5.08. The van der Waals surface area contributed by atoms with E-state index in [9.17, 15) is 0 Å². The Hall–Kier alpha value is -0.870. The summed E-state index contributed by atoms with van der Waals surface area (Å²) in [5.41, 5.74) is 2.40. The third kappa shape index (κ3) is 2.28. The molecule has 0 aromatic carbocycles. The summed E-state index contributed by atoms with van der Waals surface area (Å²) in [5.74, 6) is 0. The Morgan fingerprint density at radius 2 is 2.31 bits per heavy atom. The summed E-state index contributed by atoms with van der Waals surface area (Å²) in [4.78, 5) is 0. The van der Waals surface area contributed by atoms with Gasteiger partial charge in [-0.15, -0.1) is 0 Å². The second-order valence-electron chi connectivity index (χ2n) is 4.74. The molecule has 0 atom stereocenters. The fourth-order valence-electron chi connectivity index (χ4n) is 2.27. The first-order chi connectivity index (χ1) is 7.65. The van der Waals surface area contributed by atoms with Gasteiger partial charge in [-0.3, -0.25) is 4.68 Å². The number of methoxy groups -OCH3 is 1. The van der Waals surface area contributed by atoms with Crippen LogP contribution in [0.5, 0.6) is 0 Å². The van der Waals surface area contributed by atoms with E-state index in [0.717, 1.165) is 18.8 Å². The molecule has 0 unspecified atom stereocenters. The first-order valence-electron chi connectivity index (χ1n) is 5.91. The quantitative estimate of drug-likeness (QED) is 0.820. The average molecular weight is 223 g/mol. The van der Waals surface area contributed by atoms with Crippen molar-refractivity contribution >= 4 is 0 Å². The van der Waals surface area contributed by atoms with Gasteiger partial charge >= 0.3 is 0 Å². The van der Waals surface area contributed by atoms with Gasteiger partial charge in [0.15, 0.2) is 0 Å². The zero-order chi connectivity index (χ0) is 11.6. The Kier molecular flexibility index (Phi) is 3.30. The molecule has 1 saturated carbocycles. The van der Waals surface area contributed by atoms with Crippen molar-refractivity contribution in [2.45, 2.75) is 38.3 Å². The lowest BCUT2D eigenvalue weighted by molar-refractivity contribution is -0.0696. The third-order valence-electron chi connectivity index (χ3n) is 3.55. The molecule has 2 rings (SSSR count). The maximum atomic E-state index is 5.56. The largest absolute Gasteiger partial charge is 0.377 e. The van der Waals surface area contributed by atoms with E-state index in [0.29, 0.717) is 0 Å². The van der Waals surface area contributed by atoms with Crippen LogP contribution in [0.4, 0.5) is 0 Å². The van der Waals surface area contributed by atoms with Crippen molar-refractivity contribution < 1.29 is 4.74 Å². The number of hydrogen-bond donors (Lipinski definition) is 1. The molecular weight excluding hydrogens is 202 g/mol. The van der Waals surface area contributed by atoms with Gasteiger partial charge in [0, 0.05) is 27.2 Å². The van der Waals surface area contributed by atoms with Crippen molar-refractivity contribution in [1.82, 2.24) is 15.1 Å². The normalized spacial score (nSPS) is 18.4. The molecule has 1 aromatic heterocycles. The molecule has 0 bridgehead atoms. The summed E-state index contributed by atoms with van der Waals surface area (Å²) in [6.45, 7) is 3.82. The van der Waals surface area contributed by atoms with Crippen molar-refractivity contribution in [3.05, 3.63) is 17.5 Å². The van der Waals surface area contributed by atoms with Gasteiger partial charge in [0.2, 0.25) is 0 Å². The molecule has 4 nitrogen and oxygen atoms in total. The summed E-state index contributed by atoms with van der Waals surface area (Å²) < 4.78 is 7.50. The van der Waals surface area contributed by atoms with E-state index in [2.05, 4.69) is 16.5 Å². The summed E-state index contributed by atoms with van der Waals surface area (Å²) >= 11 is 0. The van der Waals surface area contributed by atoms with E-state index in [4.69, 9.17) is 4.74 Å². The van der Waals surface area contributed by atoms with E-state index in [1.165, 1.54) is 25.0 Å². The van der Waals surface area contributed by atoms with Crippen LogP contribution in [-0.4, -0.2) is 29.0 Å². The standard InChI is InChI=1S/C12H21N3O/c1-10-7-11(15(2)14-10)8-13-9-12(16-3)5-4-6-12/h7,13H,4-6,8-9H2,1-3H3. The lowest BCUT2D eigenvalue weighted by atomic mass is 9.80. The molecule has 90 valence electrons. The highest BCUT2D eigenvalue weighted by Gasteiger charge is 2.36. The fraction of sp³-hybridized carbons (Fsp3) is 0.750. The first kappa shape index (κ1) is 11.6. The minimum atomic E-state index is 0.105. The Bertz CT molecular complexity index is 350. The van der Waals surface area contributed by atoms with E-state index in [-0.39, 0.29) is 5.60 Å². The Labute approximate surface area is 97.0 Å². The van der Waals surface area contributed by atoms with Crippen molar-refractivity contribution in [1.29, 1.82) is 0 Å². The van der Waals surface area contributed by atoms with Gasteiger partial charge in [-0.1, -0.05) is 0 Å². The zero-order valence-corrected chi connectivity index (χ0v) is 10.4. The minimum Gasteiger partial charge on any atom is -0.377 e. The molecule has 1 fully saturated rings. The molecule has 0 spiro atoms. The van der Waals surface area contributed by atoms with Gasteiger partial charge in [0.25, 0.3) is 0 Å². The van der Waals surface area contributed by atoms with Gasteiger partial charge in [0.1, 0.15) is 0 Å². The maximum absolute atomic E-state index is 5.56. The van der Waals surface area contributed by atoms with Crippen LogP contribution in [0.15, 0.2) is 6.07 Å². The van der Waals surface area contributed by atoms with Gasteiger partial charge < -0.3 is 10.1 Å². The number of aryl methyl sites for hydroxylation is 2. The first-order valence-corrected chi connectivity index (χ1v) is 5.91. The van der Waals surface area contributed by atoms with Crippen molar-refractivity contribution in [3.63, 3.8) is 0 Å². The number of nitrogens with one attached hydrogen (secondary N) is 1. The highest BCUT2D eigenvalue weighted by atomic mass is 16.5. The van der Waals surface area contributed by atoms with Crippen molar-refractivity contribution in [2.75, 3.05) is 13.7 Å². The molecular formula is C12H21N3O. The summed E-state index contributed by atoms with van der Waals surface area (Å²) in [6, 6.07) is 2.12. The van der Waals surface area contributed by atoms with Gasteiger partial charge in [-0.2, -0.15) is 5.10 Å². The van der Waals surface area contributed by atoms with Crippen LogP contribution < -0.4 is 5.32 Å². The van der Waals surface area contributed by atoms with Crippen LogP contribution in [0.3, 0.4) is 0 Å². The number of ether oxygens (including phenoxy) is 1. The van der Waals surface area contributed by atoms with E-state index < -0.39 is 0 Å². The van der Waals surface area contributed by atoms with Crippen LogP contribution in [-0.2, 0) is 18.3 Å². The summed E-state index contributed by atoms with van der Waals surface area (Å²) in [7, 11) is 3.80. The molecule has 16 heavy (non-hydrogen) atoms. The SMILES string of the molecule is COC1(CNCc2cc(C)nn2C)CCC1. The van der Waals surface area contributed by atoms with E-state index in [1.807, 2.05) is 25.8 Å². The maximum Gasteiger partial charge on any atom is 0.0802 e. The van der Waals surface area contributed by atoms with Crippen LogP contribution >= 0.6 is 0 Å². The average Bonchev–Trinajstić information content (AvgIpc) is 2.50. The second-order valence-corrected chi connectivity index (χ2v) is 4.74. The summed E-state index contributed by atoms with van der Waals surface area (Å²) in [6.07, 6.45) is 3.65. The van der Waals surface area contributed by atoms with Crippen molar-refractivity contribution in [2.24, 2.45) is 7.05 Å². The predicted molar refractivity (Wildman–Crippen MR) is 63.2 cm³/mol. The molecule has 0 amide bonds. The Balaban J connectivity index is 1.81. The summed E-state index contributed by atoms with van der Waals surface area (Å²) in [5, 5.41) is 7.79. The Morgan fingerprint density at radius 3 is 2.75 bits per heavy atom. The molecule has 4 heteroatoms. The highest BCUT2D eigenvalue weighted by Crippen LogP contribution is 2.34. The molecule has 0 aliphatic heterocycles. The fourth-order valence-corrected chi connectivity index (χ4v) is 2.27. The van der Waals surface area contributed by atoms with E-state index in [1.54, 1.807) is 0 Å². The zero-order valence-electron chi connectivity index (χ0n) is 10.4. The molecule has 1 aliphatic carbocycles. The van der Waals surface area contributed by atoms with Crippen LogP contribution in [0.2, 0.25) is 0 Å². The molecule has 1 aliphatic rings. The van der Waals surface area contributed by atoms with Crippen molar-refractivity contribution in [3.8, 4) is 0 Å². The number of nitrogens with zero attached hydrogens (tertiary/aromatic N) is 2.